The largest absolute Gasteiger partial charge is 0.338 e. The molecule has 0 aromatic heterocycles. The predicted octanol–water partition coefficient (Wildman–Crippen LogP) is 4.76. The summed E-state index contributed by atoms with van der Waals surface area (Å²) >= 11 is 0. The molecule has 2 aliphatic rings. The zero-order valence-electron chi connectivity index (χ0n) is 17.7. The van der Waals surface area contributed by atoms with E-state index in [1.807, 2.05) is 18.2 Å². The molecule has 1 fully saturated rings. The van der Waals surface area contributed by atoms with E-state index in [1.54, 1.807) is 18.2 Å². The van der Waals surface area contributed by atoms with Crippen LogP contribution in [0.1, 0.15) is 71.2 Å². The Labute approximate surface area is 183 Å². The van der Waals surface area contributed by atoms with Crippen molar-refractivity contribution < 1.29 is 14.4 Å². The third kappa shape index (κ3) is 4.95. The molecular formula is C25H29N3O3. The fourth-order valence-electron chi connectivity index (χ4n) is 4.48. The SMILES string of the molecule is O=C(NCCCCc1ccccc1)Nc1ccc2c(c1)C(=O)N(C1CCCCC1)C2=O. The molecular weight excluding hydrogens is 390 g/mol. The van der Waals surface area contributed by atoms with Crippen molar-refractivity contribution in [1.29, 1.82) is 0 Å². The van der Waals surface area contributed by atoms with E-state index in [-0.39, 0.29) is 23.9 Å². The topological polar surface area (TPSA) is 78.5 Å². The Balaban J connectivity index is 1.27. The number of amides is 4. The smallest absolute Gasteiger partial charge is 0.319 e. The van der Waals surface area contributed by atoms with Crippen LogP contribution in [-0.2, 0) is 6.42 Å². The molecule has 2 aromatic rings. The summed E-state index contributed by atoms with van der Waals surface area (Å²) in [6.07, 6.45) is 7.89. The summed E-state index contributed by atoms with van der Waals surface area (Å²) in [4.78, 5) is 39.3. The average Bonchev–Trinajstić information content (AvgIpc) is 3.04. The van der Waals surface area contributed by atoms with E-state index in [0.29, 0.717) is 23.4 Å². The van der Waals surface area contributed by atoms with Crippen molar-refractivity contribution in [3.05, 3.63) is 65.2 Å². The van der Waals surface area contributed by atoms with Gasteiger partial charge in [0.1, 0.15) is 0 Å². The second kappa shape index (κ2) is 9.77. The van der Waals surface area contributed by atoms with E-state index in [9.17, 15) is 14.4 Å². The maximum atomic E-state index is 12.9. The quantitative estimate of drug-likeness (QED) is 0.502. The molecule has 4 amide bonds. The number of nitrogens with one attached hydrogen (secondary N) is 2. The molecule has 1 heterocycles. The highest BCUT2D eigenvalue weighted by Gasteiger charge is 2.40. The molecule has 162 valence electrons. The first kappa shape index (κ1) is 21.1. The number of aryl methyl sites for hydroxylation is 1. The van der Waals surface area contributed by atoms with Crippen molar-refractivity contribution in [2.75, 3.05) is 11.9 Å². The molecule has 0 saturated heterocycles. The number of carbonyl (C=O) groups excluding carboxylic acids is 3. The Morgan fingerprint density at radius 1 is 0.903 bits per heavy atom. The van der Waals surface area contributed by atoms with Crippen LogP contribution in [0.25, 0.3) is 0 Å². The lowest BCUT2D eigenvalue weighted by Gasteiger charge is -2.29. The zero-order chi connectivity index (χ0) is 21.6. The van der Waals surface area contributed by atoms with E-state index < -0.39 is 0 Å². The maximum Gasteiger partial charge on any atom is 0.319 e. The van der Waals surface area contributed by atoms with Gasteiger partial charge >= 0.3 is 6.03 Å². The molecule has 0 unspecified atom stereocenters. The molecule has 0 radical (unpaired) electrons. The summed E-state index contributed by atoms with van der Waals surface area (Å²) < 4.78 is 0. The summed E-state index contributed by atoms with van der Waals surface area (Å²) in [6.45, 7) is 0.580. The van der Waals surface area contributed by atoms with E-state index in [4.69, 9.17) is 0 Å². The summed E-state index contributed by atoms with van der Waals surface area (Å²) in [7, 11) is 0. The first-order valence-corrected chi connectivity index (χ1v) is 11.2. The van der Waals surface area contributed by atoms with Gasteiger partial charge < -0.3 is 10.6 Å². The van der Waals surface area contributed by atoms with Gasteiger partial charge in [-0.3, -0.25) is 14.5 Å². The third-order valence-corrected chi connectivity index (χ3v) is 6.14. The lowest BCUT2D eigenvalue weighted by molar-refractivity contribution is 0.0549. The first-order chi connectivity index (χ1) is 15.1. The Hall–Kier alpha value is -3.15. The first-order valence-electron chi connectivity index (χ1n) is 11.2. The van der Waals surface area contributed by atoms with Gasteiger partial charge in [-0.2, -0.15) is 0 Å². The molecule has 1 aliphatic heterocycles. The van der Waals surface area contributed by atoms with Crippen LogP contribution in [0, 0.1) is 0 Å². The van der Waals surface area contributed by atoms with Crippen molar-refractivity contribution >= 4 is 23.5 Å². The molecule has 0 spiro atoms. The normalized spacial score (nSPS) is 16.3. The lowest BCUT2D eigenvalue weighted by Crippen LogP contribution is -2.40. The molecule has 2 aromatic carbocycles. The monoisotopic (exact) mass is 419 g/mol. The summed E-state index contributed by atoms with van der Waals surface area (Å²) in [5, 5.41) is 5.63. The zero-order valence-corrected chi connectivity index (χ0v) is 17.7. The minimum atomic E-state index is -0.305. The number of fused-ring (bicyclic) bond motifs is 1. The molecule has 6 nitrogen and oxygen atoms in total. The number of unbranched alkanes of at least 4 members (excludes halogenated alkanes) is 1. The molecule has 0 atom stereocenters. The fraction of sp³-hybridized carbons (Fsp3) is 0.400. The molecule has 2 N–H and O–H groups in total. The van der Waals surface area contributed by atoms with Crippen LogP contribution in [0.15, 0.2) is 48.5 Å². The molecule has 31 heavy (non-hydrogen) atoms. The van der Waals surface area contributed by atoms with Crippen LogP contribution in [0.2, 0.25) is 0 Å². The average molecular weight is 420 g/mol. The van der Waals surface area contributed by atoms with E-state index in [2.05, 4.69) is 22.8 Å². The van der Waals surface area contributed by atoms with Crippen molar-refractivity contribution in [3.63, 3.8) is 0 Å². The maximum absolute atomic E-state index is 12.9. The second-order valence-corrected chi connectivity index (χ2v) is 8.36. The van der Waals surface area contributed by atoms with Crippen molar-refractivity contribution in [1.82, 2.24) is 10.2 Å². The molecule has 4 rings (SSSR count). The highest BCUT2D eigenvalue weighted by molar-refractivity contribution is 6.22. The van der Waals surface area contributed by atoms with E-state index in [0.717, 1.165) is 51.4 Å². The van der Waals surface area contributed by atoms with Gasteiger partial charge in [0.2, 0.25) is 0 Å². The van der Waals surface area contributed by atoms with Crippen LogP contribution in [0.5, 0.6) is 0 Å². The Kier molecular flexibility index (Phi) is 6.65. The van der Waals surface area contributed by atoms with E-state index >= 15 is 0 Å². The molecule has 0 bridgehead atoms. The van der Waals surface area contributed by atoms with Gasteiger partial charge in [-0.05, 0) is 55.9 Å². The van der Waals surface area contributed by atoms with E-state index in [1.165, 1.54) is 10.5 Å². The van der Waals surface area contributed by atoms with Gasteiger partial charge in [0.15, 0.2) is 0 Å². The minimum Gasteiger partial charge on any atom is -0.338 e. The highest BCUT2D eigenvalue weighted by atomic mass is 16.2. The second-order valence-electron chi connectivity index (χ2n) is 8.36. The number of rotatable bonds is 7. The lowest BCUT2D eigenvalue weighted by atomic mass is 9.94. The summed E-state index contributed by atoms with van der Waals surface area (Å²) in [6, 6.07) is 14.9. The number of urea groups is 1. The fourth-order valence-corrected chi connectivity index (χ4v) is 4.48. The van der Waals surface area contributed by atoms with Gasteiger partial charge in [-0.1, -0.05) is 49.6 Å². The summed E-state index contributed by atoms with van der Waals surface area (Å²) in [5.41, 5.74) is 2.64. The minimum absolute atomic E-state index is 0.00301. The Bertz CT molecular complexity index is 952. The standard InChI is InChI=1S/C25H29N3O3/c29-23-21-15-14-19(17-22(21)24(30)28(23)20-12-5-2-6-13-20)27-25(31)26-16-8-7-11-18-9-3-1-4-10-18/h1,3-4,9-10,14-15,17,20H,2,5-8,11-13,16H2,(H2,26,27,31). The van der Waals surface area contributed by atoms with Crippen molar-refractivity contribution in [2.24, 2.45) is 0 Å². The number of imide groups is 1. The Morgan fingerprint density at radius 3 is 2.42 bits per heavy atom. The van der Waals surface area contributed by atoms with Gasteiger partial charge in [-0.25, -0.2) is 4.79 Å². The van der Waals surface area contributed by atoms with Crippen LogP contribution >= 0.6 is 0 Å². The number of anilines is 1. The predicted molar refractivity (Wildman–Crippen MR) is 120 cm³/mol. The Morgan fingerprint density at radius 2 is 1.65 bits per heavy atom. The number of hydrogen-bond acceptors (Lipinski definition) is 3. The van der Waals surface area contributed by atoms with Gasteiger partial charge in [0.25, 0.3) is 11.8 Å². The number of nitrogens with zero attached hydrogens (tertiary/aromatic N) is 1. The van der Waals surface area contributed by atoms with Gasteiger partial charge in [0.05, 0.1) is 11.1 Å². The molecule has 6 heteroatoms. The third-order valence-electron chi connectivity index (χ3n) is 6.14. The van der Waals surface area contributed by atoms with Crippen LogP contribution in [0.3, 0.4) is 0 Å². The van der Waals surface area contributed by atoms with Crippen LogP contribution < -0.4 is 10.6 Å². The number of hydrogen-bond donors (Lipinski definition) is 2. The van der Waals surface area contributed by atoms with Crippen LogP contribution in [0.4, 0.5) is 10.5 Å². The van der Waals surface area contributed by atoms with Crippen LogP contribution in [-0.4, -0.2) is 35.3 Å². The number of benzene rings is 2. The molecule has 1 aliphatic carbocycles. The van der Waals surface area contributed by atoms with Crippen molar-refractivity contribution in [3.8, 4) is 0 Å². The van der Waals surface area contributed by atoms with Gasteiger partial charge in [-0.15, -0.1) is 0 Å². The molecule has 1 saturated carbocycles. The van der Waals surface area contributed by atoms with Gasteiger partial charge in [0, 0.05) is 18.3 Å². The van der Waals surface area contributed by atoms with Crippen molar-refractivity contribution in [2.45, 2.75) is 57.4 Å². The highest BCUT2D eigenvalue weighted by Crippen LogP contribution is 2.32. The number of carbonyl (C=O) groups is 3. The summed E-state index contributed by atoms with van der Waals surface area (Å²) in [5.74, 6) is -0.446.